The predicted molar refractivity (Wildman–Crippen MR) is 177 cm³/mol. The molecule has 7 rings (SSSR count). The molecule has 0 unspecified atom stereocenters. The minimum atomic E-state index is -3.98. The molecule has 11 nitrogen and oxygen atoms in total. The van der Waals surface area contributed by atoms with Gasteiger partial charge in [-0.15, -0.1) is 5.10 Å². The number of hydrogen-bond acceptors (Lipinski definition) is 8. The normalized spacial score (nSPS) is 20.0. The molecule has 4 heterocycles. The fraction of sp³-hybridized carbons (Fsp3) is 0.486. The Labute approximate surface area is 275 Å². The van der Waals surface area contributed by atoms with Crippen LogP contribution < -0.4 is 10.1 Å². The molecule has 1 aliphatic carbocycles. The highest BCUT2D eigenvalue weighted by Gasteiger charge is 2.46. The maximum atomic E-state index is 14.3. The summed E-state index contributed by atoms with van der Waals surface area (Å²) < 4.78 is 38.6. The Kier molecular flexibility index (Phi) is 7.68. The lowest BCUT2D eigenvalue weighted by Gasteiger charge is -2.38. The number of aryl methyl sites for hydroxylation is 3. The number of ether oxygens (including phenoxy) is 1. The maximum Gasteiger partial charge on any atom is 0.310 e. The number of aliphatic carboxylic acids is 1. The van der Waals surface area contributed by atoms with E-state index in [4.69, 9.17) is 4.74 Å². The highest BCUT2D eigenvalue weighted by Crippen LogP contribution is 2.45. The molecular formula is C35H42N6O5S. The molecule has 0 bridgehead atoms. The van der Waals surface area contributed by atoms with Crippen LogP contribution >= 0.6 is 0 Å². The Hall–Kier alpha value is -3.87. The van der Waals surface area contributed by atoms with Gasteiger partial charge < -0.3 is 15.2 Å². The molecule has 1 spiro atoms. The van der Waals surface area contributed by atoms with Gasteiger partial charge in [-0.05, 0) is 106 Å². The van der Waals surface area contributed by atoms with Crippen molar-refractivity contribution in [3.63, 3.8) is 0 Å². The van der Waals surface area contributed by atoms with E-state index in [2.05, 4.69) is 20.6 Å². The van der Waals surface area contributed by atoms with Gasteiger partial charge in [0, 0.05) is 31.5 Å². The number of hydrogen-bond donors (Lipinski definition) is 2. The van der Waals surface area contributed by atoms with Crippen LogP contribution in [0.3, 0.4) is 0 Å². The van der Waals surface area contributed by atoms with E-state index in [1.54, 1.807) is 26.1 Å². The minimum Gasteiger partial charge on any atom is -0.481 e. The molecule has 1 saturated heterocycles. The fourth-order valence-corrected chi connectivity index (χ4v) is 8.89. The van der Waals surface area contributed by atoms with Gasteiger partial charge in [0.2, 0.25) is 15.9 Å². The maximum absolute atomic E-state index is 14.3. The van der Waals surface area contributed by atoms with Crippen molar-refractivity contribution >= 4 is 27.0 Å². The smallest absolute Gasteiger partial charge is 0.310 e. The molecule has 12 heteroatoms. The number of benzene rings is 2. The van der Waals surface area contributed by atoms with Gasteiger partial charge in [0.1, 0.15) is 16.0 Å². The predicted octanol–water partition coefficient (Wildman–Crippen LogP) is 5.03. The van der Waals surface area contributed by atoms with E-state index in [9.17, 15) is 18.3 Å². The molecule has 2 aromatic carbocycles. The van der Waals surface area contributed by atoms with Crippen LogP contribution in [-0.2, 0) is 21.4 Å². The van der Waals surface area contributed by atoms with Gasteiger partial charge in [-0.25, -0.2) is 18.1 Å². The summed E-state index contributed by atoms with van der Waals surface area (Å²) in [5.41, 5.74) is 4.85. The summed E-state index contributed by atoms with van der Waals surface area (Å²) in [4.78, 5) is 17.4. The van der Waals surface area contributed by atoms with Crippen molar-refractivity contribution in [1.29, 1.82) is 0 Å². The number of aromatic nitrogens is 4. The molecule has 47 heavy (non-hydrogen) atoms. The summed E-state index contributed by atoms with van der Waals surface area (Å²) >= 11 is 0. The lowest BCUT2D eigenvalue weighted by atomic mass is 9.69. The van der Waals surface area contributed by atoms with Crippen LogP contribution in [0.1, 0.15) is 84.9 Å². The highest BCUT2D eigenvalue weighted by molar-refractivity contribution is 7.89. The first kappa shape index (κ1) is 31.7. The summed E-state index contributed by atoms with van der Waals surface area (Å²) in [5, 5.41) is 22.8. The number of fused-ring (bicyclic) bond motifs is 2. The van der Waals surface area contributed by atoms with E-state index in [0.717, 1.165) is 57.3 Å². The SMILES string of the molecule is Cc1cnc2c(c1)S(=O)(=O)N(Cc1cc([C@@H](c3ccc4c(nnn4C4CC4)c3C)C(C)(C)C(=O)O)ccc1C)CC1(CCNCC1)O2. The van der Waals surface area contributed by atoms with Gasteiger partial charge in [0.25, 0.3) is 0 Å². The number of carboxylic acid groups (broad SMARTS) is 1. The molecule has 1 saturated carbocycles. The third kappa shape index (κ3) is 5.49. The second-order valence-electron chi connectivity index (χ2n) is 14.2. The van der Waals surface area contributed by atoms with E-state index in [0.29, 0.717) is 32.0 Å². The van der Waals surface area contributed by atoms with Crippen LogP contribution in [0, 0.1) is 26.2 Å². The topological polar surface area (TPSA) is 140 Å². The molecule has 0 radical (unpaired) electrons. The van der Waals surface area contributed by atoms with E-state index >= 15 is 0 Å². The molecule has 2 fully saturated rings. The summed E-state index contributed by atoms with van der Waals surface area (Å²) in [6.45, 7) is 11.0. The van der Waals surface area contributed by atoms with Crippen molar-refractivity contribution in [2.75, 3.05) is 19.6 Å². The van der Waals surface area contributed by atoms with Gasteiger partial charge in [0.05, 0.1) is 23.5 Å². The lowest BCUT2D eigenvalue weighted by Crippen LogP contribution is -2.53. The van der Waals surface area contributed by atoms with Crippen molar-refractivity contribution in [3.8, 4) is 5.88 Å². The third-order valence-corrected chi connectivity index (χ3v) is 12.1. The number of carboxylic acids is 1. The quantitative estimate of drug-likeness (QED) is 0.280. The second-order valence-corrected chi connectivity index (χ2v) is 16.1. The van der Waals surface area contributed by atoms with Crippen LogP contribution in [0.5, 0.6) is 5.88 Å². The second kappa shape index (κ2) is 11.4. The standard InChI is InChI=1S/C35H42N6O5S/c1-21-16-29-32(37-18-21)46-35(12-14-36-15-13-35)20-40(47(29,44)45)19-25-17-24(7-6-22(25)2)30(34(4,5)33(42)43)27-10-11-28-31(23(27)3)38-39-41(28)26-8-9-26/h6-7,10-11,16-18,26,30,36H,8-9,12-15,19-20H2,1-5H3,(H,42,43)/t30-/m0/s1. The number of pyridine rings is 1. The number of nitrogens with one attached hydrogen (secondary N) is 1. The summed E-state index contributed by atoms with van der Waals surface area (Å²) in [5.74, 6) is -1.31. The molecule has 2 N–H and O–H groups in total. The zero-order chi connectivity index (χ0) is 33.3. The number of piperidine rings is 1. The van der Waals surface area contributed by atoms with Crippen molar-refractivity contribution < 1.29 is 23.1 Å². The van der Waals surface area contributed by atoms with E-state index in [1.807, 2.05) is 55.8 Å². The van der Waals surface area contributed by atoms with Crippen molar-refractivity contribution in [1.82, 2.24) is 29.6 Å². The van der Waals surface area contributed by atoms with Crippen LogP contribution in [0.4, 0.5) is 0 Å². The first-order chi connectivity index (χ1) is 22.3. The van der Waals surface area contributed by atoms with Gasteiger partial charge in [-0.3, -0.25) is 4.79 Å². The Morgan fingerprint density at radius 2 is 1.87 bits per heavy atom. The molecule has 0 amide bonds. The molecule has 2 aromatic heterocycles. The van der Waals surface area contributed by atoms with Crippen molar-refractivity contribution in [3.05, 3.63) is 76.0 Å². The zero-order valence-electron chi connectivity index (χ0n) is 27.6. The highest BCUT2D eigenvalue weighted by atomic mass is 32.2. The van der Waals surface area contributed by atoms with Crippen LogP contribution in [0.2, 0.25) is 0 Å². The van der Waals surface area contributed by atoms with Crippen LogP contribution in [0.15, 0.2) is 47.5 Å². The number of rotatable bonds is 7. The first-order valence-corrected chi connectivity index (χ1v) is 17.8. The van der Waals surface area contributed by atoms with Crippen molar-refractivity contribution in [2.24, 2.45) is 5.41 Å². The molecule has 4 aromatic rings. The number of sulfonamides is 1. The fourth-order valence-electron chi connectivity index (χ4n) is 7.25. The number of nitrogens with zero attached hydrogens (tertiary/aromatic N) is 5. The summed E-state index contributed by atoms with van der Waals surface area (Å²) in [7, 11) is -3.98. The first-order valence-electron chi connectivity index (χ1n) is 16.3. The Balaban J connectivity index is 1.32. The Morgan fingerprint density at radius 3 is 2.57 bits per heavy atom. The Bertz CT molecular complexity index is 1990. The van der Waals surface area contributed by atoms with Gasteiger partial charge in [-0.1, -0.05) is 29.5 Å². The van der Waals surface area contributed by atoms with Crippen LogP contribution in [0.25, 0.3) is 11.0 Å². The monoisotopic (exact) mass is 658 g/mol. The zero-order valence-corrected chi connectivity index (χ0v) is 28.4. The van der Waals surface area contributed by atoms with Gasteiger partial charge in [0.15, 0.2) is 0 Å². The summed E-state index contributed by atoms with van der Waals surface area (Å²) in [6.07, 6.45) is 5.10. The largest absolute Gasteiger partial charge is 0.481 e. The van der Waals surface area contributed by atoms with E-state index in [-0.39, 0.29) is 23.9 Å². The minimum absolute atomic E-state index is 0.0785. The van der Waals surface area contributed by atoms with E-state index in [1.165, 1.54) is 4.31 Å². The average molecular weight is 659 g/mol. The van der Waals surface area contributed by atoms with Crippen LogP contribution in [-0.4, -0.2) is 69.0 Å². The average Bonchev–Trinajstić information content (AvgIpc) is 3.79. The Morgan fingerprint density at radius 1 is 1.13 bits per heavy atom. The lowest BCUT2D eigenvalue weighted by molar-refractivity contribution is -0.147. The third-order valence-electron chi connectivity index (χ3n) is 10.3. The molecule has 1 atom stereocenters. The number of carbonyl (C=O) groups is 1. The molecule has 2 aliphatic heterocycles. The summed E-state index contributed by atoms with van der Waals surface area (Å²) in [6, 6.07) is 11.9. The molecule has 3 aliphatic rings. The molecule has 248 valence electrons. The van der Waals surface area contributed by atoms with Crippen molar-refractivity contribution in [2.45, 2.75) is 89.3 Å². The van der Waals surface area contributed by atoms with E-state index < -0.39 is 32.9 Å². The van der Waals surface area contributed by atoms with Gasteiger partial charge in [-0.2, -0.15) is 4.31 Å². The molecular weight excluding hydrogens is 616 g/mol. The van der Waals surface area contributed by atoms with Gasteiger partial charge >= 0.3 is 5.97 Å².